The summed E-state index contributed by atoms with van der Waals surface area (Å²) in [6.07, 6.45) is 1.09. The van der Waals surface area contributed by atoms with Crippen LogP contribution in [0.2, 0.25) is 0 Å². The van der Waals surface area contributed by atoms with Crippen LogP contribution in [0.4, 0.5) is 5.69 Å². The van der Waals surface area contributed by atoms with E-state index in [4.69, 9.17) is 9.47 Å². The van der Waals surface area contributed by atoms with Crippen LogP contribution in [-0.4, -0.2) is 30.1 Å². The van der Waals surface area contributed by atoms with E-state index in [0.717, 1.165) is 23.2 Å². The van der Waals surface area contributed by atoms with Gasteiger partial charge in [0.05, 0.1) is 0 Å². The molecule has 0 aliphatic carbocycles. The molecule has 1 heterocycles. The van der Waals surface area contributed by atoms with Crippen molar-refractivity contribution in [1.29, 1.82) is 0 Å². The van der Waals surface area contributed by atoms with Crippen LogP contribution >= 0.6 is 0 Å². The van der Waals surface area contributed by atoms with Gasteiger partial charge in [0, 0.05) is 32.1 Å². The minimum atomic E-state index is -0.104. The monoisotopic (exact) mass is 368 g/mol. The fraction of sp³-hybridized carbons (Fsp3) is 0.333. The van der Waals surface area contributed by atoms with Crippen molar-refractivity contribution < 1.29 is 19.1 Å². The Morgan fingerprint density at radius 1 is 1.11 bits per heavy atom. The molecule has 0 fully saturated rings. The van der Waals surface area contributed by atoms with Crippen LogP contribution in [-0.2, 0) is 22.6 Å². The minimum Gasteiger partial charge on any atom is -0.454 e. The normalized spacial score (nSPS) is 11.9. The van der Waals surface area contributed by atoms with E-state index in [0.29, 0.717) is 24.6 Å². The summed E-state index contributed by atoms with van der Waals surface area (Å²) in [5.74, 6) is 1.22. The zero-order valence-corrected chi connectivity index (χ0v) is 15.7. The van der Waals surface area contributed by atoms with Gasteiger partial charge in [-0.15, -0.1) is 0 Å². The van der Waals surface area contributed by atoms with Crippen molar-refractivity contribution in [2.45, 2.75) is 33.2 Å². The fourth-order valence-electron chi connectivity index (χ4n) is 3.01. The van der Waals surface area contributed by atoms with Crippen molar-refractivity contribution in [1.82, 2.24) is 4.90 Å². The van der Waals surface area contributed by atoms with Gasteiger partial charge in [0.15, 0.2) is 11.5 Å². The molecule has 2 amide bonds. The highest BCUT2D eigenvalue weighted by molar-refractivity contribution is 5.91. The summed E-state index contributed by atoms with van der Waals surface area (Å²) in [4.78, 5) is 26.0. The average Bonchev–Trinajstić information content (AvgIpc) is 3.13. The highest BCUT2D eigenvalue weighted by atomic mass is 16.7. The van der Waals surface area contributed by atoms with E-state index < -0.39 is 0 Å². The smallest absolute Gasteiger partial charge is 0.231 e. The first-order chi connectivity index (χ1) is 13.1. The van der Waals surface area contributed by atoms with E-state index in [1.807, 2.05) is 49.4 Å². The molecule has 0 unspecified atom stereocenters. The number of nitrogens with one attached hydrogen (secondary N) is 1. The van der Waals surface area contributed by atoms with Gasteiger partial charge in [-0.2, -0.15) is 0 Å². The first-order valence-electron chi connectivity index (χ1n) is 9.08. The highest BCUT2D eigenvalue weighted by Crippen LogP contribution is 2.32. The molecule has 0 aromatic heterocycles. The third-order valence-electron chi connectivity index (χ3n) is 4.54. The van der Waals surface area contributed by atoms with E-state index in [9.17, 15) is 9.59 Å². The molecule has 0 bridgehead atoms. The van der Waals surface area contributed by atoms with Crippen LogP contribution in [0, 0.1) is 0 Å². The number of nitrogens with zero attached hydrogens (tertiary/aromatic N) is 1. The lowest BCUT2D eigenvalue weighted by atomic mass is 10.1. The van der Waals surface area contributed by atoms with E-state index in [-0.39, 0.29) is 25.0 Å². The first-order valence-corrected chi connectivity index (χ1v) is 9.08. The largest absolute Gasteiger partial charge is 0.454 e. The Balaban J connectivity index is 1.58. The maximum absolute atomic E-state index is 12.3. The van der Waals surface area contributed by atoms with Crippen LogP contribution in [0.3, 0.4) is 0 Å². The van der Waals surface area contributed by atoms with Crippen molar-refractivity contribution in [2.75, 3.05) is 18.7 Å². The minimum absolute atomic E-state index is 0.0746. The van der Waals surface area contributed by atoms with E-state index in [2.05, 4.69) is 5.32 Å². The Labute approximate surface area is 159 Å². The standard InChI is InChI=1S/C21H24N2O4/c1-3-17-6-4-5-7-18(17)22-21(25)10-11-23(15(2)24)13-16-8-9-19-20(12-16)27-14-26-19/h4-9,12H,3,10-11,13-14H2,1-2H3,(H,22,25). The van der Waals surface area contributed by atoms with Gasteiger partial charge >= 0.3 is 0 Å². The molecule has 0 radical (unpaired) electrons. The number of rotatable bonds is 7. The predicted octanol–water partition coefficient (Wildman–Crippen LogP) is 3.36. The Morgan fingerprint density at radius 3 is 2.67 bits per heavy atom. The van der Waals surface area contributed by atoms with E-state index in [1.165, 1.54) is 6.92 Å². The molecule has 1 aliphatic heterocycles. The lowest BCUT2D eigenvalue weighted by molar-refractivity contribution is -0.129. The number of amides is 2. The Hall–Kier alpha value is -3.02. The van der Waals surface area contributed by atoms with Crippen LogP contribution in [0.25, 0.3) is 0 Å². The fourth-order valence-corrected chi connectivity index (χ4v) is 3.01. The average molecular weight is 368 g/mol. The van der Waals surface area contributed by atoms with Crippen molar-refractivity contribution in [3.63, 3.8) is 0 Å². The van der Waals surface area contributed by atoms with Crippen molar-refractivity contribution in [3.8, 4) is 11.5 Å². The number of hydrogen-bond acceptors (Lipinski definition) is 4. The zero-order valence-electron chi connectivity index (χ0n) is 15.7. The van der Waals surface area contributed by atoms with Gasteiger partial charge in [-0.1, -0.05) is 31.2 Å². The van der Waals surface area contributed by atoms with Crippen LogP contribution < -0.4 is 14.8 Å². The summed E-state index contributed by atoms with van der Waals surface area (Å²) in [5.41, 5.74) is 2.86. The maximum atomic E-state index is 12.3. The van der Waals surface area contributed by atoms with Crippen LogP contribution in [0.5, 0.6) is 11.5 Å². The second-order valence-electron chi connectivity index (χ2n) is 6.44. The summed E-state index contributed by atoms with van der Waals surface area (Å²) >= 11 is 0. The van der Waals surface area contributed by atoms with Crippen LogP contribution in [0.15, 0.2) is 42.5 Å². The van der Waals surface area contributed by atoms with Gasteiger partial charge in [0.1, 0.15) is 0 Å². The summed E-state index contributed by atoms with van der Waals surface area (Å²) in [6.45, 7) is 4.55. The second kappa shape index (κ2) is 8.58. The lowest BCUT2D eigenvalue weighted by Gasteiger charge is -2.21. The van der Waals surface area contributed by atoms with Crippen LogP contribution in [0.1, 0.15) is 31.4 Å². The number of carbonyl (C=O) groups excluding carboxylic acids is 2. The number of anilines is 1. The number of benzene rings is 2. The molecular formula is C21H24N2O4. The van der Waals surface area contributed by atoms with E-state index >= 15 is 0 Å². The van der Waals surface area contributed by atoms with Crippen molar-refractivity contribution in [2.24, 2.45) is 0 Å². The molecule has 0 saturated heterocycles. The Morgan fingerprint density at radius 2 is 1.89 bits per heavy atom. The van der Waals surface area contributed by atoms with Gasteiger partial charge in [-0.3, -0.25) is 9.59 Å². The summed E-state index contributed by atoms with van der Waals surface area (Å²) in [6, 6.07) is 13.4. The number of hydrogen-bond donors (Lipinski definition) is 1. The first kappa shape index (κ1) is 18.8. The quantitative estimate of drug-likeness (QED) is 0.814. The zero-order chi connectivity index (χ0) is 19.2. The molecule has 1 N–H and O–H groups in total. The number of para-hydroxylation sites is 1. The molecule has 2 aromatic rings. The number of carbonyl (C=O) groups is 2. The molecule has 0 atom stereocenters. The molecule has 1 aliphatic rings. The topological polar surface area (TPSA) is 67.9 Å². The number of aryl methyl sites for hydroxylation is 1. The van der Waals surface area contributed by atoms with Crippen molar-refractivity contribution in [3.05, 3.63) is 53.6 Å². The number of ether oxygens (including phenoxy) is 2. The molecule has 142 valence electrons. The number of fused-ring (bicyclic) bond motifs is 1. The molecular weight excluding hydrogens is 344 g/mol. The van der Waals surface area contributed by atoms with Gasteiger partial charge in [-0.25, -0.2) is 0 Å². The molecule has 2 aromatic carbocycles. The molecule has 3 rings (SSSR count). The maximum Gasteiger partial charge on any atom is 0.231 e. The SMILES string of the molecule is CCc1ccccc1NC(=O)CCN(Cc1ccc2c(c1)OCO2)C(C)=O. The third kappa shape index (κ3) is 4.78. The predicted molar refractivity (Wildman–Crippen MR) is 103 cm³/mol. The molecule has 27 heavy (non-hydrogen) atoms. The van der Waals surface area contributed by atoms with Gasteiger partial charge < -0.3 is 19.7 Å². The van der Waals surface area contributed by atoms with Gasteiger partial charge in [0.25, 0.3) is 0 Å². The molecule has 0 spiro atoms. The highest BCUT2D eigenvalue weighted by Gasteiger charge is 2.16. The summed E-state index contributed by atoms with van der Waals surface area (Å²) < 4.78 is 10.7. The summed E-state index contributed by atoms with van der Waals surface area (Å²) in [7, 11) is 0. The lowest BCUT2D eigenvalue weighted by Crippen LogP contribution is -2.31. The van der Waals surface area contributed by atoms with Crippen molar-refractivity contribution >= 4 is 17.5 Å². The second-order valence-corrected chi connectivity index (χ2v) is 6.44. The Bertz CT molecular complexity index is 835. The molecule has 6 nitrogen and oxygen atoms in total. The van der Waals surface area contributed by atoms with E-state index in [1.54, 1.807) is 4.90 Å². The third-order valence-corrected chi connectivity index (χ3v) is 4.54. The molecule has 0 saturated carbocycles. The molecule has 6 heteroatoms. The van der Waals surface area contributed by atoms with Gasteiger partial charge in [-0.05, 0) is 35.7 Å². The summed E-state index contributed by atoms with van der Waals surface area (Å²) in [5, 5.41) is 2.94. The Kier molecular flexibility index (Phi) is 5.96. The van der Waals surface area contributed by atoms with Gasteiger partial charge in [0.2, 0.25) is 18.6 Å².